The lowest BCUT2D eigenvalue weighted by Crippen LogP contribution is -2.06. The molecule has 0 spiro atoms. The van der Waals surface area contributed by atoms with E-state index in [4.69, 9.17) is 0 Å². The summed E-state index contributed by atoms with van der Waals surface area (Å²) in [5, 5.41) is 14.3. The van der Waals surface area contributed by atoms with Gasteiger partial charge in [0.2, 0.25) is 0 Å². The van der Waals surface area contributed by atoms with Gasteiger partial charge in [0.1, 0.15) is 11.3 Å². The molecule has 23 heavy (non-hydrogen) atoms. The van der Waals surface area contributed by atoms with Gasteiger partial charge in [0, 0.05) is 18.0 Å². The first-order valence-electron chi connectivity index (χ1n) is 7.53. The Hall–Kier alpha value is -2.95. The van der Waals surface area contributed by atoms with Crippen molar-refractivity contribution in [1.29, 1.82) is 0 Å². The van der Waals surface area contributed by atoms with Crippen LogP contribution in [0.15, 0.2) is 54.9 Å². The smallest absolute Gasteiger partial charge is 0.339 e. The van der Waals surface area contributed by atoms with E-state index in [2.05, 4.69) is 10.1 Å². The third-order valence-corrected chi connectivity index (χ3v) is 3.62. The second kappa shape index (κ2) is 6.44. The summed E-state index contributed by atoms with van der Waals surface area (Å²) < 4.78 is 1.73. The van der Waals surface area contributed by atoms with Crippen molar-refractivity contribution in [3.8, 4) is 16.9 Å². The molecule has 0 bridgehead atoms. The van der Waals surface area contributed by atoms with Crippen LogP contribution in [-0.4, -0.2) is 25.8 Å². The topological polar surface area (TPSA) is 68.0 Å². The number of para-hydroxylation sites is 1. The SMILES string of the molecule is CCCc1c(C(=O)O)c(-c2cccnc2)nn1-c1ccccc1. The normalized spacial score (nSPS) is 10.7. The molecule has 3 aromatic rings. The van der Waals surface area contributed by atoms with Gasteiger partial charge in [0.05, 0.1) is 11.4 Å². The molecule has 0 aliphatic heterocycles. The van der Waals surface area contributed by atoms with Crippen molar-refractivity contribution < 1.29 is 9.90 Å². The van der Waals surface area contributed by atoms with E-state index in [1.54, 1.807) is 23.1 Å². The average molecular weight is 307 g/mol. The number of pyridine rings is 1. The minimum Gasteiger partial charge on any atom is -0.478 e. The molecular formula is C18H17N3O2. The van der Waals surface area contributed by atoms with Gasteiger partial charge in [-0.3, -0.25) is 4.98 Å². The Kier molecular flexibility index (Phi) is 4.19. The lowest BCUT2D eigenvalue weighted by molar-refractivity contribution is 0.0696. The molecule has 0 amide bonds. The summed E-state index contributed by atoms with van der Waals surface area (Å²) in [6.07, 6.45) is 4.78. The lowest BCUT2D eigenvalue weighted by atomic mass is 10.1. The number of carboxylic acids is 1. The van der Waals surface area contributed by atoms with E-state index in [0.29, 0.717) is 23.4 Å². The first-order valence-corrected chi connectivity index (χ1v) is 7.53. The highest BCUT2D eigenvalue weighted by Crippen LogP contribution is 2.28. The number of benzene rings is 1. The van der Waals surface area contributed by atoms with Gasteiger partial charge in [-0.25, -0.2) is 9.48 Å². The van der Waals surface area contributed by atoms with Crippen LogP contribution < -0.4 is 0 Å². The van der Waals surface area contributed by atoms with Gasteiger partial charge < -0.3 is 5.11 Å². The Labute approximate surface area is 134 Å². The maximum atomic E-state index is 11.9. The van der Waals surface area contributed by atoms with Crippen LogP contribution in [-0.2, 0) is 6.42 Å². The highest BCUT2D eigenvalue weighted by atomic mass is 16.4. The van der Waals surface area contributed by atoms with E-state index in [9.17, 15) is 9.90 Å². The van der Waals surface area contributed by atoms with Gasteiger partial charge in [-0.15, -0.1) is 0 Å². The largest absolute Gasteiger partial charge is 0.478 e. The van der Waals surface area contributed by atoms with E-state index in [0.717, 1.165) is 12.1 Å². The molecule has 0 aliphatic carbocycles. The van der Waals surface area contributed by atoms with Crippen LogP contribution in [0, 0.1) is 0 Å². The fourth-order valence-electron chi connectivity index (χ4n) is 2.63. The summed E-state index contributed by atoms with van der Waals surface area (Å²) in [5.41, 5.74) is 2.98. The van der Waals surface area contributed by atoms with Crippen LogP contribution in [0.2, 0.25) is 0 Å². The standard InChI is InChI=1S/C18H17N3O2/c1-2-7-15-16(18(22)23)17(13-8-6-11-19-12-13)20-21(15)14-9-4-3-5-10-14/h3-6,8-12H,2,7H2,1H3,(H,22,23). The van der Waals surface area contributed by atoms with Gasteiger partial charge in [-0.1, -0.05) is 31.5 Å². The summed E-state index contributed by atoms with van der Waals surface area (Å²) in [6, 6.07) is 13.2. The third kappa shape index (κ3) is 2.85. The molecule has 2 aromatic heterocycles. The zero-order valence-corrected chi connectivity index (χ0v) is 12.8. The molecule has 116 valence electrons. The number of aromatic nitrogens is 3. The van der Waals surface area contributed by atoms with E-state index in [1.807, 2.05) is 43.3 Å². The minimum atomic E-state index is -0.963. The molecule has 0 unspecified atom stereocenters. The van der Waals surface area contributed by atoms with Crippen LogP contribution in [0.5, 0.6) is 0 Å². The lowest BCUT2D eigenvalue weighted by Gasteiger charge is -2.07. The molecule has 2 heterocycles. The molecule has 0 aliphatic rings. The van der Waals surface area contributed by atoms with Crippen LogP contribution in [0.3, 0.4) is 0 Å². The molecule has 1 aromatic carbocycles. The van der Waals surface area contributed by atoms with Crippen molar-refractivity contribution in [2.75, 3.05) is 0 Å². The molecule has 0 radical (unpaired) electrons. The monoisotopic (exact) mass is 307 g/mol. The molecule has 0 saturated heterocycles. The van der Waals surface area contributed by atoms with Crippen LogP contribution >= 0.6 is 0 Å². The second-order valence-electron chi connectivity index (χ2n) is 5.21. The molecule has 0 saturated carbocycles. The Morgan fingerprint density at radius 1 is 1.17 bits per heavy atom. The average Bonchev–Trinajstić information content (AvgIpc) is 2.96. The quantitative estimate of drug-likeness (QED) is 0.782. The number of carboxylic acid groups (broad SMARTS) is 1. The summed E-state index contributed by atoms with van der Waals surface area (Å²) in [4.78, 5) is 15.9. The predicted octanol–water partition coefficient (Wildman–Crippen LogP) is 3.59. The number of aromatic carboxylic acids is 1. The molecule has 1 N–H and O–H groups in total. The minimum absolute atomic E-state index is 0.253. The summed E-state index contributed by atoms with van der Waals surface area (Å²) in [6.45, 7) is 2.03. The van der Waals surface area contributed by atoms with Crippen molar-refractivity contribution >= 4 is 5.97 Å². The number of hydrogen-bond donors (Lipinski definition) is 1. The third-order valence-electron chi connectivity index (χ3n) is 3.62. The second-order valence-corrected chi connectivity index (χ2v) is 5.21. The molecule has 5 heteroatoms. The molecule has 0 fully saturated rings. The molecular weight excluding hydrogens is 290 g/mol. The Morgan fingerprint density at radius 2 is 1.96 bits per heavy atom. The fraction of sp³-hybridized carbons (Fsp3) is 0.167. The van der Waals surface area contributed by atoms with Crippen molar-refractivity contribution in [1.82, 2.24) is 14.8 Å². The zero-order valence-electron chi connectivity index (χ0n) is 12.8. The summed E-state index contributed by atoms with van der Waals surface area (Å²) >= 11 is 0. The first kappa shape index (κ1) is 15.0. The number of carbonyl (C=O) groups is 1. The van der Waals surface area contributed by atoms with E-state index < -0.39 is 5.97 Å². The van der Waals surface area contributed by atoms with Gasteiger partial charge in [0.25, 0.3) is 0 Å². The molecule has 3 rings (SSSR count). The number of rotatable bonds is 5. The molecule has 0 atom stereocenters. The number of nitrogens with zero attached hydrogens (tertiary/aromatic N) is 3. The van der Waals surface area contributed by atoms with Gasteiger partial charge >= 0.3 is 5.97 Å². The van der Waals surface area contributed by atoms with Crippen molar-refractivity contribution in [3.63, 3.8) is 0 Å². The van der Waals surface area contributed by atoms with Crippen molar-refractivity contribution in [2.45, 2.75) is 19.8 Å². The summed E-state index contributed by atoms with van der Waals surface area (Å²) in [7, 11) is 0. The summed E-state index contributed by atoms with van der Waals surface area (Å²) in [5.74, 6) is -0.963. The maximum absolute atomic E-state index is 11.9. The predicted molar refractivity (Wildman–Crippen MR) is 87.7 cm³/mol. The van der Waals surface area contributed by atoms with Crippen LogP contribution in [0.1, 0.15) is 29.4 Å². The Balaban J connectivity index is 2.27. The Morgan fingerprint density at radius 3 is 2.57 bits per heavy atom. The maximum Gasteiger partial charge on any atom is 0.339 e. The fourth-order valence-corrected chi connectivity index (χ4v) is 2.63. The van der Waals surface area contributed by atoms with E-state index in [1.165, 1.54) is 0 Å². The first-order chi connectivity index (χ1) is 11.2. The highest BCUT2D eigenvalue weighted by molar-refractivity contribution is 5.96. The van der Waals surface area contributed by atoms with Gasteiger partial charge in [0.15, 0.2) is 0 Å². The Bertz CT molecular complexity index is 811. The van der Waals surface area contributed by atoms with E-state index in [-0.39, 0.29) is 5.56 Å². The highest BCUT2D eigenvalue weighted by Gasteiger charge is 2.24. The van der Waals surface area contributed by atoms with Crippen LogP contribution in [0.4, 0.5) is 0 Å². The number of hydrogen-bond acceptors (Lipinski definition) is 3. The van der Waals surface area contributed by atoms with Crippen molar-refractivity contribution in [3.05, 3.63) is 66.1 Å². The zero-order chi connectivity index (χ0) is 16.2. The van der Waals surface area contributed by atoms with Gasteiger partial charge in [-0.05, 0) is 30.7 Å². The van der Waals surface area contributed by atoms with E-state index >= 15 is 0 Å². The molecule has 5 nitrogen and oxygen atoms in total. The van der Waals surface area contributed by atoms with Crippen molar-refractivity contribution in [2.24, 2.45) is 0 Å². The van der Waals surface area contributed by atoms with Gasteiger partial charge in [-0.2, -0.15) is 5.10 Å². The van der Waals surface area contributed by atoms with Crippen LogP contribution in [0.25, 0.3) is 16.9 Å².